The van der Waals surface area contributed by atoms with Crippen LogP contribution >= 0.6 is 0 Å². The Morgan fingerprint density at radius 3 is 1.88 bits per heavy atom. The van der Waals surface area contributed by atoms with E-state index in [-0.39, 0.29) is 11.5 Å². The van der Waals surface area contributed by atoms with Crippen LogP contribution in [0.15, 0.2) is 11.9 Å². The highest BCUT2D eigenvalue weighted by Gasteiger charge is 2.03. The van der Waals surface area contributed by atoms with E-state index in [1.54, 1.807) is 0 Å². The van der Waals surface area contributed by atoms with Crippen LogP contribution in [0.1, 0.15) is 71.1 Å². The van der Waals surface area contributed by atoms with Crippen LogP contribution in [0.25, 0.3) is 0 Å². The minimum atomic E-state index is -0.0181. The summed E-state index contributed by atoms with van der Waals surface area (Å²) in [4.78, 5) is 11.3. The van der Waals surface area contributed by atoms with Crippen molar-refractivity contribution in [2.75, 3.05) is 0 Å². The lowest BCUT2D eigenvalue weighted by atomic mass is 10.1. The first kappa shape index (κ1) is 16.0. The molecule has 100 valence electrons. The average Bonchev–Trinajstić information content (AvgIpc) is 2.35. The highest BCUT2D eigenvalue weighted by Crippen LogP contribution is 2.11. The first-order valence-electron chi connectivity index (χ1n) is 6.93. The Bertz CT molecular complexity index is 224. The van der Waals surface area contributed by atoms with Gasteiger partial charge in [0, 0.05) is 12.6 Å². The summed E-state index contributed by atoms with van der Waals surface area (Å²) in [5, 5.41) is 0. The van der Waals surface area contributed by atoms with Gasteiger partial charge in [0.2, 0.25) is 0 Å². The maximum Gasteiger partial charge on any atom is 0.179 e. The first-order chi connectivity index (χ1) is 8.22. The number of ketones is 1. The molecule has 17 heavy (non-hydrogen) atoms. The van der Waals surface area contributed by atoms with Crippen LogP contribution in [-0.2, 0) is 4.79 Å². The summed E-state index contributed by atoms with van der Waals surface area (Å²) in [6, 6.07) is 0. The molecule has 0 saturated heterocycles. The van der Waals surface area contributed by atoms with E-state index < -0.39 is 0 Å². The number of hydrogen-bond donors (Lipinski definition) is 2. The summed E-state index contributed by atoms with van der Waals surface area (Å²) in [6.07, 6.45) is 13.0. The average molecular weight is 240 g/mol. The molecule has 0 unspecified atom stereocenters. The summed E-state index contributed by atoms with van der Waals surface area (Å²) < 4.78 is 0. The summed E-state index contributed by atoms with van der Waals surface area (Å²) in [5.41, 5.74) is 10.8. The number of Topliss-reactive ketones (excluding diaryl/α,β-unsaturated/α-hetero) is 1. The van der Waals surface area contributed by atoms with Crippen molar-refractivity contribution < 1.29 is 4.79 Å². The van der Waals surface area contributed by atoms with Gasteiger partial charge in [-0.25, -0.2) is 0 Å². The number of allylic oxidation sites excluding steroid dienone is 1. The number of carbonyl (C=O) groups excluding carboxylic acids is 1. The number of nitrogens with two attached hydrogens (primary N) is 2. The van der Waals surface area contributed by atoms with Crippen molar-refractivity contribution in [3.05, 3.63) is 11.9 Å². The maximum absolute atomic E-state index is 11.3. The third-order valence-corrected chi connectivity index (χ3v) is 3.01. The van der Waals surface area contributed by atoms with E-state index in [2.05, 4.69) is 6.92 Å². The molecule has 0 aliphatic carbocycles. The Balaban J connectivity index is 3.21. The van der Waals surface area contributed by atoms with E-state index in [9.17, 15) is 4.79 Å². The van der Waals surface area contributed by atoms with E-state index in [1.807, 2.05) is 0 Å². The Labute approximate surface area is 106 Å². The number of rotatable bonds is 11. The van der Waals surface area contributed by atoms with Crippen molar-refractivity contribution in [3.8, 4) is 0 Å². The van der Waals surface area contributed by atoms with Crippen molar-refractivity contribution in [2.24, 2.45) is 11.5 Å². The minimum absolute atomic E-state index is 0.0181. The van der Waals surface area contributed by atoms with Crippen LogP contribution in [0, 0.1) is 0 Å². The van der Waals surface area contributed by atoms with Crippen LogP contribution in [0.3, 0.4) is 0 Å². The van der Waals surface area contributed by atoms with E-state index in [0.717, 1.165) is 12.8 Å². The summed E-state index contributed by atoms with van der Waals surface area (Å²) in [5.74, 6) is -0.0181. The fraction of sp³-hybridized carbons (Fsp3) is 0.786. The molecule has 0 aliphatic heterocycles. The topological polar surface area (TPSA) is 69.1 Å². The molecule has 0 heterocycles. The van der Waals surface area contributed by atoms with Gasteiger partial charge in [-0.1, -0.05) is 58.3 Å². The monoisotopic (exact) mass is 240 g/mol. The van der Waals surface area contributed by atoms with Crippen LogP contribution in [0.5, 0.6) is 0 Å². The van der Waals surface area contributed by atoms with E-state index >= 15 is 0 Å². The Morgan fingerprint density at radius 1 is 0.941 bits per heavy atom. The molecule has 0 aliphatic rings. The van der Waals surface area contributed by atoms with Crippen molar-refractivity contribution in [1.29, 1.82) is 0 Å². The van der Waals surface area contributed by atoms with Crippen molar-refractivity contribution >= 4 is 5.78 Å². The zero-order valence-corrected chi connectivity index (χ0v) is 11.2. The van der Waals surface area contributed by atoms with Gasteiger partial charge in [-0.3, -0.25) is 4.79 Å². The van der Waals surface area contributed by atoms with Crippen LogP contribution < -0.4 is 11.5 Å². The second-order valence-corrected chi connectivity index (χ2v) is 4.62. The van der Waals surface area contributed by atoms with Gasteiger partial charge >= 0.3 is 0 Å². The second kappa shape index (κ2) is 11.5. The zero-order valence-electron chi connectivity index (χ0n) is 11.2. The maximum atomic E-state index is 11.3. The standard InChI is InChI=1S/C14H28N2O/c1-2-3-4-5-6-7-8-9-10-11-14(17)13(16)12-15/h12H,2-11,15-16H2,1H3/b13-12+. The van der Waals surface area contributed by atoms with Gasteiger partial charge in [-0.05, 0) is 6.42 Å². The molecule has 0 fully saturated rings. The minimum Gasteiger partial charge on any atom is -0.403 e. The quantitative estimate of drug-likeness (QED) is 0.430. The highest BCUT2D eigenvalue weighted by atomic mass is 16.1. The number of carbonyl (C=O) groups is 1. The molecule has 0 atom stereocenters. The van der Waals surface area contributed by atoms with Gasteiger partial charge in [0.1, 0.15) is 0 Å². The Kier molecular flexibility index (Phi) is 10.8. The van der Waals surface area contributed by atoms with Gasteiger partial charge in [-0.2, -0.15) is 0 Å². The van der Waals surface area contributed by atoms with E-state index in [1.165, 1.54) is 51.1 Å². The fourth-order valence-corrected chi connectivity index (χ4v) is 1.83. The lowest BCUT2D eigenvalue weighted by Gasteiger charge is -2.02. The molecular weight excluding hydrogens is 212 g/mol. The second-order valence-electron chi connectivity index (χ2n) is 4.62. The van der Waals surface area contributed by atoms with Crippen LogP contribution in [0.4, 0.5) is 0 Å². The third kappa shape index (κ3) is 9.91. The molecule has 4 N–H and O–H groups in total. The Hall–Kier alpha value is -0.990. The molecule has 0 saturated carbocycles. The third-order valence-electron chi connectivity index (χ3n) is 3.01. The van der Waals surface area contributed by atoms with Gasteiger partial charge < -0.3 is 11.5 Å². The van der Waals surface area contributed by atoms with Crippen molar-refractivity contribution in [3.63, 3.8) is 0 Å². The Morgan fingerprint density at radius 2 is 1.41 bits per heavy atom. The molecule has 0 radical (unpaired) electrons. The van der Waals surface area contributed by atoms with Crippen LogP contribution in [0.2, 0.25) is 0 Å². The predicted octanol–water partition coefficient (Wildman–Crippen LogP) is 3.24. The lowest BCUT2D eigenvalue weighted by molar-refractivity contribution is -0.115. The lowest BCUT2D eigenvalue weighted by Crippen LogP contribution is -2.12. The SMILES string of the molecule is CCCCCCCCCCCC(=O)/C(N)=C\N. The van der Waals surface area contributed by atoms with Gasteiger partial charge in [0.15, 0.2) is 5.78 Å². The van der Waals surface area contributed by atoms with Gasteiger partial charge in [0.05, 0.1) is 5.70 Å². The number of unbranched alkanes of at least 4 members (excludes halogenated alkanes) is 8. The molecule has 0 spiro atoms. The molecule has 0 bridgehead atoms. The zero-order chi connectivity index (χ0) is 12.9. The molecule has 0 amide bonds. The molecule has 0 aromatic carbocycles. The normalized spacial score (nSPS) is 11.7. The predicted molar refractivity (Wildman–Crippen MR) is 73.3 cm³/mol. The molecular formula is C14H28N2O. The number of hydrogen-bond acceptors (Lipinski definition) is 3. The molecule has 0 aromatic rings. The highest BCUT2D eigenvalue weighted by molar-refractivity contribution is 5.94. The summed E-state index contributed by atoms with van der Waals surface area (Å²) >= 11 is 0. The van der Waals surface area contributed by atoms with Crippen LogP contribution in [-0.4, -0.2) is 5.78 Å². The van der Waals surface area contributed by atoms with Gasteiger partial charge in [0.25, 0.3) is 0 Å². The molecule has 3 heteroatoms. The fourth-order valence-electron chi connectivity index (χ4n) is 1.83. The smallest absolute Gasteiger partial charge is 0.179 e. The van der Waals surface area contributed by atoms with Gasteiger partial charge in [-0.15, -0.1) is 0 Å². The van der Waals surface area contributed by atoms with Crippen molar-refractivity contribution in [1.82, 2.24) is 0 Å². The summed E-state index contributed by atoms with van der Waals surface area (Å²) in [6.45, 7) is 2.23. The summed E-state index contributed by atoms with van der Waals surface area (Å²) in [7, 11) is 0. The van der Waals surface area contributed by atoms with E-state index in [4.69, 9.17) is 11.5 Å². The molecule has 3 nitrogen and oxygen atoms in total. The van der Waals surface area contributed by atoms with E-state index in [0.29, 0.717) is 6.42 Å². The van der Waals surface area contributed by atoms with Crippen molar-refractivity contribution in [2.45, 2.75) is 71.1 Å². The molecule has 0 aromatic heterocycles. The first-order valence-corrected chi connectivity index (χ1v) is 6.93. The largest absolute Gasteiger partial charge is 0.403 e. The molecule has 0 rings (SSSR count).